The summed E-state index contributed by atoms with van der Waals surface area (Å²) in [6, 6.07) is 2.11. The highest BCUT2D eigenvalue weighted by Gasteiger charge is 2.45. The zero-order valence-corrected chi connectivity index (χ0v) is 15.9. The minimum Gasteiger partial charge on any atom is -0.472 e. The van der Waals surface area contributed by atoms with Crippen molar-refractivity contribution in [3.05, 3.63) is 24.2 Å². The normalized spacial score (nSPS) is 37.3. The van der Waals surface area contributed by atoms with E-state index in [1.165, 1.54) is 31.2 Å². The molecule has 2 aliphatic heterocycles. The Morgan fingerprint density at radius 2 is 2.08 bits per heavy atom. The van der Waals surface area contributed by atoms with Crippen molar-refractivity contribution < 1.29 is 9.21 Å². The van der Waals surface area contributed by atoms with Crippen molar-refractivity contribution in [3.63, 3.8) is 0 Å². The average Bonchev–Trinajstić information content (AvgIpc) is 3.34. The minimum atomic E-state index is 0.209. The summed E-state index contributed by atoms with van der Waals surface area (Å²) in [6.45, 7) is 4.98. The second-order valence-electron chi connectivity index (χ2n) is 8.46. The molecular weight excluding hydrogens is 326 g/mol. The van der Waals surface area contributed by atoms with Gasteiger partial charge in [0, 0.05) is 24.9 Å². The molecule has 3 fully saturated rings. The molecule has 1 aliphatic carbocycles. The fraction of sp³-hybridized carbons (Fsp3) is 0.762. The van der Waals surface area contributed by atoms with E-state index in [2.05, 4.69) is 28.9 Å². The Labute approximate surface area is 156 Å². The summed E-state index contributed by atoms with van der Waals surface area (Å²) in [6.07, 6.45) is 11.1. The predicted molar refractivity (Wildman–Crippen MR) is 102 cm³/mol. The molecule has 2 saturated heterocycles. The van der Waals surface area contributed by atoms with Crippen molar-refractivity contribution in [3.8, 4) is 0 Å². The fourth-order valence-corrected chi connectivity index (χ4v) is 5.63. The third-order valence-electron chi connectivity index (χ3n) is 6.96. The molecule has 0 spiro atoms. The van der Waals surface area contributed by atoms with E-state index < -0.39 is 0 Å². The smallest absolute Gasteiger partial charge is 0.223 e. The van der Waals surface area contributed by atoms with E-state index in [0.717, 1.165) is 32.5 Å². The van der Waals surface area contributed by atoms with E-state index in [9.17, 15) is 4.79 Å². The zero-order chi connectivity index (χ0) is 17.9. The summed E-state index contributed by atoms with van der Waals surface area (Å²) in [5.41, 5.74) is 1.31. The van der Waals surface area contributed by atoms with Gasteiger partial charge in [0.2, 0.25) is 5.91 Å². The number of piperidine rings is 1. The van der Waals surface area contributed by atoms with Gasteiger partial charge < -0.3 is 20.4 Å². The van der Waals surface area contributed by atoms with Crippen LogP contribution in [-0.2, 0) is 4.79 Å². The zero-order valence-electron chi connectivity index (χ0n) is 15.9. The van der Waals surface area contributed by atoms with Gasteiger partial charge in [-0.1, -0.05) is 19.8 Å². The molecule has 1 aromatic heterocycles. The monoisotopic (exact) mass is 359 g/mol. The van der Waals surface area contributed by atoms with Crippen LogP contribution in [0, 0.1) is 23.7 Å². The molecule has 5 nitrogen and oxygen atoms in total. The second kappa shape index (κ2) is 8.13. The molecule has 3 heterocycles. The number of fused-ring (bicyclic) bond motifs is 1. The highest BCUT2D eigenvalue weighted by molar-refractivity contribution is 5.79. The molecule has 6 atom stereocenters. The maximum atomic E-state index is 12.7. The lowest BCUT2D eigenvalue weighted by Gasteiger charge is -2.42. The van der Waals surface area contributed by atoms with Crippen LogP contribution < -0.4 is 16.0 Å². The molecule has 5 heteroatoms. The average molecular weight is 360 g/mol. The van der Waals surface area contributed by atoms with Crippen LogP contribution in [0.25, 0.3) is 0 Å². The molecule has 6 unspecified atom stereocenters. The van der Waals surface area contributed by atoms with E-state index in [-0.39, 0.29) is 5.92 Å². The largest absolute Gasteiger partial charge is 0.472 e. The Hall–Kier alpha value is -1.33. The van der Waals surface area contributed by atoms with Gasteiger partial charge in [0.05, 0.1) is 18.7 Å². The van der Waals surface area contributed by atoms with E-state index in [0.29, 0.717) is 35.7 Å². The number of hydrogen-bond donors (Lipinski definition) is 3. The van der Waals surface area contributed by atoms with E-state index in [1.807, 2.05) is 6.26 Å². The van der Waals surface area contributed by atoms with Gasteiger partial charge >= 0.3 is 0 Å². The maximum Gasteiger partial charge on any atom is 0.223 e. The first-order chi connectivity index (χ1) is 12.8. The van der Waals surface area contributed by atoms with Gasteiger partial charge in [0.1, 0.15) is 0 Å². The number of rotatable bonds is 5. The van der Waals surface area contributed by atoms with Crippen LogP contribution in [0.1, 0.15) is 56.9 Å². The highest BCUT2D eigenvalue weighted by Crippen LogP contribution is 2.44. The van der Waals surface area contributed by atoms with E-state index in [4.69, 9.17) is 4.42 Å². The van der Waals surface area contributed by atoms with Gasteiger partial charge in [-0.15, -0.1) is 0 Å². The van der Waals surface area contributed by atoms with Gasteiger partial charge in [0.25, 0.3) is 0 Å². The van der Waals surface area contributed by atoms with Gasteiger partial charge in [-0.3, -0.25) is 4.79 Å². The summed E-state index contributed by atoms with van der Waals surface area (Å²) in [4.78, 5) is 12.7. The van der Waals surface area contributed by atoms with Crippen molar-refractivity contribution in [1.29, 1.82) is 0 Å². The van der Waals surface area contributed by atoms with Crippen molar-refractivity contribution in [2.24, 2.45) is 23.7 Å². The first-order valence-electron chi connectivity index (χ1n) is 10.5. The number of furan rings is 1. The molecule has 1 amide bonds. The minimum absolute atomic E-state index is 0.209. The molecular formula is C21H33N3O2. The quantitative estimate of drug-likeness (QED) is 0.756. The third kappa shape index (κ3) is 3.56. The van der Waals surface area contributed by atoms with E-state index in [1.54, 1.807) is 6.26 Å². The van der Waals surface area contributed by atoms with Crippen LogP contribution in [0.4, 0.5) is 0 Å². The van der Waals surface area contributed by atoms with Crippen LogP contribution in [0.5, 0.6) is 0 Å². The molecule has 1 saturated carbocycles. The number of nitrogens with one attached hydrogen (secondary N) is 3. The summed E-state index contributed by atoms with van der Waals surface area (Å²) < 4.78 is 5.33. The van der Waals surface area contributed by atoms with Gasteiger partial charge in [-0.25, -0.2) is 0 Å². The topological polar surface area (TPSA) is 66.3 Å². The lowest BCUT2D eigenvalue weighted by Crippen LogP contribution is -2.52. The van der Waals surface area contributed by atoms with Crippen LogP contribution in [0.2, 0.25) is 0 Å². The Kier molecular flexibility index (Phi) is 5.65. The summed E-state index contributed by atoms with van der Waals surface area (Å²) in [5.74, 6) is 2.75. The Morgan fingerprint density at radius 1 is 1.23 bits per heavy atom. The molecule has 144 valence electrons. The molecule has 0 aromatic carbocycles. The van der Waals surface area contributed by atoms with Crippen LogP contribution in [0.15, 0.2) is 23.0 Å². The highest BCUT2D eigenvalue weighted by atomic mass is 16.3. The first-order valence-corrected chi connectivity index (χ1v) is 10.5. The summed E-state index contributed by atoms with van der Waals surface area (Å²) >= 11 is 0. The predicted octanol–water partition coefficient (Wildman–Crippen LogP) is 2.85. The second-order valence-corrected chi connectivity index (χ2v) is 8.46. The van der Waals surface area contributed by atoms with Crippen molar-refractivity contribution in [2.45, 2.75) is 57.5 Å². The Balaban J connectivity index is 1.45. The first kappa shape index (κ1) is 18.1. The van der Waals surface area contributed by atoms with Gasteiger partial charge in [-0.05, 0) is 61.6 Å². The number of hydrogen-bond acceptors (Lipinski definition) is 4. The Morgan fingerprint density at radius 3 is 2.88 bits per heavy atom. The molecule has 0 radical (unpaired) electrons. The molecule has 4 rings (SSSR count). The molecule has 1 aromatic rings. The standard InChI is InChI=1S/C21H33N3O2/c1-2-8-22-21(25)17-6-4-3-5-16(17)15-10-18-19(14-7-9-26-13-14)12-24-20(18)23-11-15/h7,9,13,15-20,23-24H,2-6,8,10-12H2,1H3,(H,22,25). The lowest BCUT2D eigenvalue weighted by molar-refractivity contribution is -0.129. The van der Waals surface area contributed by atoms with Gasteiger partial charge in [0.15, 0.2) is 0 Å². The molecule has 3 N–H and O–H groups in total. The lowest BCUT2D eigenvalue weighted by atomic mass is 9.67. The third-order valence-corrected chi connectivity index (χ3v) is 6.96. The molecule has 0 bridgehead atoms. The Bertz CT molecular complexity index is 588. The number of amides is 1. The number of carbonyl (C=O) groups is 1. The fourth-order valence-electron chi connectivity index (χ4n) is 5.63. The van der Waals surface area contributed by atoms with Crippen molar-refractivity contribution in [2.75, 3.05) is 19.6 Å². The van der Waals surface area contributed by atoms with Crippen molar-refractivity contribution in [1.82, 2.24) is 16.0 Å². The molecule has 3 aliphatic rings. The molecule has 26 heavy (non-hydrogen) atoms. The van der Waals surface area contributed by atoms with Crippen LogP contribution in [-0.4, -0.2) is 31.7 Å². The van der Waals surface area contributed by atoms with Crippen LogP contribution >= 0.6 is 0 Å². The summed E-state index contributed by atoms with van der Waals surface area (Å²) in [5, 5.41) is 10.6. The SMILES string of the molecule is CCCNC(=O)C1CCCCC1C1CNC2NCC(c3ccoc3)C2C1. The summed E-state index contributed by atoms with van der Waals surface area (Å²) in [7, 11) is 0. The van der Waals surface area contributed by atoms with Crippen molar-refractivity contribution >= 4 is 5.91 Å². The maximum absolute atomic E-state index is 12.7. The number of carbonyl (C=O) groups excluding carboxylic acids is 1. The van der Waals surface area contributed by atoms with E-state index >= 15 is 0 Å². The van der Waals surface area contributed by atoms with Gasteiger partial charge in [-0.2, -0.15) is 0 Å². The van der Waals surface area contributed by atoms with Crippen LogP contribution in [0.3, 0.4) is 0 Å².